The van der Waals surface area contributed by atoms with Crippen LogP contribution in [0.5, 0.6) is 23.0 Å². The van der Waals surface area contributed by atoms with E-state index in [0.717, 1.165) is 21.5 Å². The van der Waals surface area contributed by atoms with Crippen LogP contribution in [0.1, 0.15) is 0 Å². The third-order valence-electron chi connectivity index (χ3n) is 8.63. The monoisotopic (exact) mass is 621 g/mol. The zero-order chi connectivity index (χ0) is 32.3. The molecular weight excluding hydrogens is 584 g/mol. The summed E-state index contributed by atoms with van der Waals surface area (Å²) < 4.78 is 22.3. The second-order valence-electron chi connectivity index (χ2n) is 11.1. The predicted octanol–water partition coefficient (Wildman–Crippen LogP) is 7.11. The summed E-state index contributed by atoms with van der Waals surface area (Å²) in [5.41, 5.74) is 1.82. The van der Waals surface area contributed by atoms with Gasteiger partial charge >= 0.3 is 12.1 Å². The molecule has 0 bridgehead atoms. The van der Waals surface area contributed by atoms with E-state index in [4.69, 9.17) is 18.9 Å². The number of carbonyl (C=O) groups is 2. The molecule has 0 spiro atoms. The van der Waals surface area contributed by atoms with E-state index in [1.165, 1.54) is 0 Å². The smallest absolute Gasteiger partial charge is 0.426 e. The van der Waals surface area contributed by atoms with E-state index in [1.54, 1.807) is 39.4 Å². The Morgan fingerprint density at radius 1 is 0.609 bits per heavy atom. The molecule has 1 fully saturated rings. The highest BCUT2D eigenvalue weighted by molar-refractivity contribution is 6.02. The van der Waals surface area contributed by atoms with Crippen molar-refractivity contribution >= 4 is 50.7 Å². The predicted molar refractivity (Wildman–Crippen MR) is 182 cm³/mol. The fraction of sp³-hybridized carbons (Fsp3) is 0.222. The number of ether oxygens (including phenoxy) is 4. The van der Waals surface area contributed by atoms with Crippen LogP contribution >= 0.6 is 0 Å². The first-order valence-electron chi connectivity index (χ1n) is 15.0. The molecule has 0 radical (unpaired) electrons. The molecule has 46 heavy (non-hydrogen) atoms. The number of benzene rings is 5. The summed E-state index contributed by atoms with van der Waals surface area (Å²) in [6, 6.07) is 28.4. The molecule has 1 aliphatic heterocycles. The molecule has 6 rings (SSSR count). The van der Waals surface area contributed by atoms with Crippen molar-refractivity contribution in [2.75, 3.05) is 65.3 Å². The summed E-state index contributed by atoms with van der Waals surface area (Å²) in [5, 5.41) is 10.1. The SMILES string of the molecule is COc1cc(OC)cc([N+]2(C(=O)Nc3cc4ccccc4cc3OC)CCN(C(=O)Nc3cc4ccccc4cc3OC)CC2)c1. The Bertz CT molecular complexity index is 1900. The van der Waals surface area contributed by atoms with Crippen molar-refractivity contribution in [2.24, 2.45) is 0 Å². The molecule has 1 aliphatic rings. The maximum atomic E-state index is 14.5. The van der Waals surface area contributed by atoms with Crippen molar-refractivity contribution in [1.29, 1.82) is 0 Å². The van der Waals surface area contributed by atoms with Gasteiger partial charge in [-0.05, 0) is 45.8 Å². The highest BCUT2D eigenvalue weighted by atomic mass is 16.5. The van der Waals surface area contributed by atoms with Gasteiger partial charge in [0.25, 0.3) is 0 Å². The summed E-state index contributed by atoms with van der Waals surface area (Å²) in [7, 11) is 6.31. The first-order valence-corrected chi connectivity index (χ1v) is 15.0. The summed E-state index contributed by atoms with van der Waals surface area (Å²) in [6.07, 6.45) is 0. The molecule has 0 saturated carbocycles. The Labute approximate surface area is 267 Å². The van der Waals surface area contributed by atoms with E-state index in [9.17, 15) is 9.59 Å². The minimum atomic E-state index is -0.272. The lowest BCUT2D eigenvalue weighted by atomic mass is 10.1. The molecule has 5 aromatic rings. The molecule has 0 aliphatic carbocycles. The zero-order valence-electron chi connectivity index (χ0n) is 26.3. The van der Waals surface area contributed by atoms with E-state index in [-0.39, 0.29) is 16.5 Å². The number of rotatable bonds is 7. The van der Waals surface area contributed by atoms with Crippen LogP contribution in [0.25, 0.3) is 21.5 Å². The van der Waals surface area contributed by atoms with Gasteiger partial charge in [-0.2, -0.15) is 0 Å². The van der Waals surface area contributed by atoms with E-state index < -0.39 is 0 Å². The lowest BCUT2D eigenvalue weighted by Gasteiger charge is -2.42. The van der Waals surface area contributed by atoms with Crippen LogP contribution in [-0.2, 0) is 0 Å². The molecule has 5 aromatic carbocycles. The summed E-state index contributed by atoms with van der Waals surface area (Å²) in [5.74, 6) is 2.25. The average Bonchev–Trinajstić information content (AvgIpc) is 3.10. The molecule has 10 nitrogen and oxygen atoms in total. The van der Waals surface area contributed by atoms with Gasteiger partial charge in [-0.1, -0.05) is 48.5 Å². The number of nitrogens with one attached hydrogen (secondary N) is 2. The summed E-state index contributed by atoms with van der Waals surface area (Å²) in [6.45, 7) is 1.23. The molecule has 4 amide bonds. The van der Waals surface area contributed by atoms with Gasteiger partial charge in [-0.25, -0.2) is 14.1 Å². The number of urea groups is 2. The third-order valence-corrected chi connectivity index (χ3v) is 8.63. The van der Waals surface area contributed by atoms with Crippen molar-refractivity contribution in [3.8, 4) is 23.0 Å². The number of carbonyl (C=O) groups excluding carboxylic acids is 2. The molecule has 1 heterocycles. The van der Waals surface area contributed by atoms with Gasteiger partial charge in [0.2, 0.25) is 0 Å². The highest BCUT2D eigenvalue weighted by Crippen LogP contribution is 2.37. The molecule has 2 N–H and O–H groups in total. The Kier molecular flexibility index (Phi) is 8.54. The number of hydrogen-bond acceptors (Lipinski definition) is 6. The summed E-state index contributed by atoms with van der Waals surface area (Å²) in [4.78, 5) is 29.8. The van der Waals surface area contributed by atoms with Crippen LogP contribution < -0.4 is 34.1 Å². The van der Waals surface area contributed by atoms with Gasteiger partial charge in [-0.15, -0.1) is 0 Å². The zero-order valence-corrected chi connectivity index (χ0v) is 26.3. The first kappa shape index (κ1) is 30.5. The van der Waals surface area contributed by atoms with Crippen molar-refractivity contribution in [1.82, 2.24) is 9.38 Å². The second-order valence-corrected chi connectivity index (χ2v) is 11.1. The molecule has 236 valence electrons. The Morgan fingerprint density at radius 2 is 1.07 bits per heavy atom. The number of amides is 4. The third kappa shape index (κ3) is 5.82. The quantitative estimate of drug-likeness (QED) is 0.188. The van der Waals surface area contributed by atoms with Crippen molar-refractivity contribution in [2.45, 2.75) is 0 Å². The average molecular weight is 622 g/mol. The van der Waals surface area contributed by atoms with Crippen LogP contribution in [-0.4, -0.2) is 71.6 Å². The van der Waals surface area contributed by atoms with Gasteiger partial charge in [0, 0.05) is 18.2 Å². The Hall–Kier alpha value is -5.48. The number of anilines is 2. The van der Waals surface area contributed by atoms with Crippen molar-refractivity contribution in [3.63, 3.8) is 0 Å². The van der Waals surface area contributed by atoms with E-state index in [2.05, 4.69) is 10.6 Å². The van der Waals surface area contributed by atoms with Crippen molar-refractivity contribution < 1.29 is 28.5 Å². The normalized spacial score (nSPS) is 14.0. The molecule has 10 heteroatoms. The number of fused-ring (bicyclic) bond motifs is 2. The highest BCUT2D eigenvalue weighted by Gasteiger charge is 2.45. The van der Waals surface area contributed by atoms with Crippen LogP contribution in [0.15, 0.2) is 91.0 Å². The molecule has 0 unspecified atom stereocenters. The number of quaternary nitrogens is 1. The van der Waals surface area contributed by atoms with Gasteiger partial charge in [0.15, 0.2) is 0 Å². The van der Waals surface area contributed by atoms with Gasteiger partial charge in [-0.3, -0.25) is 5.32 Å². The minimum Gasteiger partial charge on any atom is -0.496 e. The first-order chi connectivity index (χ1) is 22.4. The molecule has 0 atom stereocenters. The van der Waals surface area contributed by atoms with Gasteiger partial charge in [0.05, 0.1) is 52.9 Å². The van der Waals surface area contributed by atoms with Crippen LogP contribution in [0.3, 0.4) is 0 Å². The van der Waals surface area contributed by atoms with Crippen molar-refractivity contribution in [3.05, 3.63) is 91.0 Å². The maximum Gasteiger partial charge on any atom is 0.426 e. The van der Waals surface area contributed by atoms with E-state index in [1.807, 2.05) is 84.9 Å². The fourth-order valence-corrected chi connectivity index (χ4v) is 6.02. The number of methoxy groups -OCH3 is 4. The lowest BCUT2D eigenvalue weighted by molar-refractivity contribution is 0.157. The largest absolute Gasteiger partial charge is 0.496 e. The standard InChI is InChI=1S/C36H36N4O6/c1-43-29-21-28(22-30(23-29)44-2)40(36(42)38-32-18-25-10-6-8-12-27(25)20-34(32)46-4)15-13-39(14-16-40)35(41)37-31-17-24-9-5-7-11-26(24)19-33(31)45-3/h5-12,17-23H,13-16H2,1-4H3,(H-,37,38,41,42)/p+1. The molecule has 1 saturated heterocycles. The number of piperazine rings is 1. The van der Waals surface area contributed by atoms with Crippen LogP contribution in [0.2, 0.25) is 0 Å². The van der Waals surface area contributed by atoms with Crippen LogP contribution in [0.4, 0.5) is 26.7 Å². The van der Waals surface area contributed by atoms with Crippen LogP contribution in [0, 0.1) is 0 Å². The number of nitrogens with zero attached hydrogens (tertiary/aromatic N) is 2. The van der Waals surface area contributed by atoms with E-state index in [0.29, 0.717) is 66.2 Å². The second kappa shape index (κ2) is 12.9. The Morgan fingerprint density at radius 3 is 1.52 bits per heavy atom. The molecule has 0 aromatic heterocycles. The fourth-order valence-electron chi connectivity index (χ4n) is 6.02. The van der Waals surface area contributed by atoms with Gasteiger partial charge < -0.3 is 29.2 Å². The maximum absolute atomic E-state index is 14.5. The van der Waals surface area contributed by atoms with Gasteiger partial charge in [0.1, 0.15) is 41.8 Å². The topological polar surface area (TPSA) is 98.4 Å². The minimum absolute atomic E-state index is 0.0907. The number of hydrogen-bond donors (Lipinski definition) is 2. The summed E-state index contributed by atoms with van der Waals surface area (Å²) >= 11 is 0. The van der Waals surface area contributed by atoms with E-state index >= 15 is 0 Å². The molecular formula is C36H37N4O6+. The lowest BCUT2D eigenvalue weighted by Crippen LogP contribution is -2.66. The Balaban J connectivity index is 1.30.